The highest BCUT2D eigenvalue weighted by molar-refractivity contribution is 5.89. The topological polar surface area (TPSA) is 115 Å². The van der Waals surface area contributed by atoms with E-state index < -0.39 is 32.2 Å². The summed E-state index contributed by atoms with van der Waals surface area (Å²) in [5.41, 5.74) is 2.14. The molecule has 0 aliphatic carbocycles. The minimum atomic E-state index is -3.10. The molecular weight excluding hydrogens is 416 g/mol. The Morgan fingerprint density at radius 2 is 1.31 bits per heavy atom. The van der Waals surface area contributed by atoms with E-state index in [0.717, 1.165) is 5.56 Å². The van der Waals surface area contributed by atoms with E-state index >= 15 is 0 Å². The molecule has 32 heavy (non-hydrogen) atoms. The first-order valence-corrected chi connectivity index (χ1v) is 8.42. The number of benzene rings is 2. The molecule has 180 valence electrons. The summed E-state index contributed by atoms with van der Waals surface area (Å²) in [5, 5.41) is 17.7. The van der Waals surface area contributed by atoms with Crippen LogP contribution in [0.1, 0.15) is 57.7 Å². The van der Waals surface area contributed by atoms with Gasteiger partial charge in [-0.2, -0.15) is 0 Å². The third-order valence-corrected chi connectivity index (χ3v) is 3.39. The predicted octanol–water partition coefficient (Wildman–Crippen LogP) is 3.24. The van der Waals surface area contributed by atoms with Crippen LogP contribution in [0, 0.1) is 0 Å². The maximum atomic E-state index is 11.2. The molecule has 2 aromatic carbocycles. The Morgan fingerprint density at radius 1 is 0.906 bits per heavy atom. The molecule has 0 amide bonds. The van der Waals surface area contributed by atoms with Crippen LogP contribution < -0.4 is 0 Å². The summed E-state index contributed by atoms with van der Waals surface area (Å²) in [4.78, 5) is 22.1. The fraction of sp³-hybridized carbons (Fsp3) is 0.417. The fourth-order valence-corrected chi connectivity index (χ4v) is 1.87. The molecular formula is C24H36O8. The van der Waals surface area contributed by atoms with Crippen LogP contribution >= 0.6 is 0 Å². The van der Waals surface area contributed by atoms with Crippen molar-refractivity contribution in [1.29, 1.82) is 0 Å². The summed E-state index contributed by atoms with van der Waals surface area (Å²) in [6, 6.07) is 12.6. The van der Waals surface area contributed by atoms with Gasteiger partial charge in [0.05, 0.1) is 75.8 Å². The molecule has 1 heterocycles. The first-order valence-electron chi connectivity index (χ1n) is 12.4. The van der Waals surface area contributed by atoms with Crippen LogP contribution in [-0.2, 0) is 32.2 Å². The number of esters is 2. The van der Waals surface area contributed by atoms with Gasteiger partial charge in [-0.25, -0.2) is 9.59 Å². The molecule has 0 unspecified atom stereocenters. The van der Waals surface area contributed by atoms with Crippen molar-refractivity contribution in [1.82, 2.24) is 0 Å². The first kappa shape index (κ1) is 18.8. The third kappa shape index (κ3) is 13.5. The number of carbonyl (C=O) groups is 2. The molecule has 0 aromatic heterocycles. The molecule has 8 nitrogen and oxygen atoms in total. The van der Waals surface area contributed by atoms with Gasteiger partial charge < -0.3 is 29.2 Å². The lowest BCUT2D eigenvalue weighted by Crippen LogP contribution is -2.02. The largest absolute Gasteiger partial charge is 0.465 e. The van der Waals surface area contributed by atoms with Crippen molar-refractivity contribution in [3.63, 3.8) is 0 Å². The highest BCUT2D eigenvalue weighted by atomic mass is 16.6. The van der Waals surface area contributed by atoms with Gasteiger partial charge in [-0.3, -0.25) is 0 Å². The highest BCUT2D eigenvalue weighted by Crippen LogP contribution is 2.07. The second kappa shape index (κ2) is 18.9. The zero-order chi connectivity index (χ0) is 29.4. The molecule has 0 radical (unpaired) electrons. The normalized spacial score (nSPS) is 18.2. The van der Waals surface area contributed by atoms with Crippen molar-refractivity contribution in [2.45, 2.75) is 28.1 Å². The van der Waals surface area contributed by atoms with Crippen LogP contribution in [0.15, 0.2) is 48.5 Å². The molecule has 3 rings (SSSR count). The van der Waals surface area contributed by atoms with Crippen molar-refractivity contribution in [3.8, 4) is 0 Å². The van der Waals surface area contributed by atoms with Crippen molar-refractivity contribution < 1.29 is 49.7 Å². The molecule has 0 spiro atoms. The zero-order valence-electron chi connectivity index (χ0n) is 24.4. The van der Waals surface area contributed by atoms with E-state index in [4.69, 9.17) is 25.9 Å². The lowest BCUT2D eigenvalue weighted by molar-refractivity contribution is 0.0591. The molecule has 2 N–H and O–H groups in total. The summed E-state index contributed by atoms with van der Waals surface area (Å²) in [6.07, 6.45) is 0. The highest BCUT2D eigenvalue weighted by Gasteiger charge is 2.04. The van der Waals surface area contributed by atoms with Gasteiger partial charge >= 0.3 is 11.9 Å². The third-order valence-electron chi connectivity index (χ3n) is 3.39. The Hall–Kier alpha value is -2.78. The molecule has 0 atom stereocenters. The number of rotatable bonds is 7. The van der Waals surface area contributed by atoms with E-state index in [1.165, 1.54) is 38.5 Å². The zero-order valence-corrected chi connectivity index (χ0v) is 16.4. The van der Waals surface area contributed by atoms with E-state index in [0.29, 0.717) is 16.7 Å². The molecule has 0 saturated carbocycles. The number of carbonyl (C=O) groups excluding carboxylic acids is 2. The smallest absolute Gasteiger partial charge is 0.337 e. The maximum Gasteiger partial charge on any atom is 0.337 e. The van der Waals surface area contributed by atoms with Crippen molar-refractivity contribution in [2.75, 3.05) is 40.5 Å². The summed E-state index contributed by atoms with van der Waals surface area (Å²) >= 11 is 0. The predicted molar refractivity (Wildman–Crippen MR) is 123 cm³/mol. The Morgan fingerprint density at radius 3 is 1.62 bits per heavy atom. The summed E-state index contributed by atoms with van der Waals surface area (Å²) < 4.78 is 71.9. The Balaban J connectivity index is 0. The van der Waals surface area contributed by atoms with Crippen LogP contribution in [0.25, 0.3) is 0 Å². The maximum absolute atomic E-state index is 11.2. The average molecular weight is 461 g/mol. The van der Waals surface area contributed by atoms with Crippen LogP contribution in [0.2, 0.25) is 0 Å². The van der Waals surface area contributed by atoms with Gasteiger partial charge in [0.2, 0.25) is 0 Å². The number of aliphatic hydroxyl groups excluding tert-OH is 1. The fourth-order valence-electron chi connectivity index (χ4n) is 1.87. The first-order chi connectivity index (χ1) is 17.4. The van der Waals surface area contributed by atoms with E-state index in [9.17, 15) is 9.59 Å². The van der Waals surface area contributed by atoms with E-state index in [-0.39, 0.29) is 34.0 Å². The van der Waals surface area contributed by atoms with Gasteiger partial charge in [-0.1, -0.05) is 39.1 Å². The van der Waals surface area contributed by atoms with Crippen molar-refractivity contribution in [2.24, 2.45) is 0 Å². The monoisotopic (exact) mass is 460 g/mol. The van der Waals surface area contributed by atoms with Gasteiger partial charge in [-0.15, -0.1) is 0 Å². The molecule has 0 bridgehead atoms. The Bertz CT molecular complexity index is 1040. The van der Waals surface area contributed by atoms with Gasteiger partial charge in [-0.05, 0) is 35.4 Å². The van der Waals surface area contributed by atoms with Gasteiger partial charge in [0, 0.05) is 0 Å². The lowest BCUT2D eigenvalue weighted by Gasteiger charge is -2.03. The second-order valence-electron chi connectivity index (χ2n) is 5.34. The number of methoxy groups -OCH3 is 2. The van der Waals surface area contributed by atoms with E-state index in [1.54, 1.807) is 24.3 Å². The molecule has 8 heteroatoms. The number of ether oxygens (including phenoxy) is 4. The van der Waals surface area contributed by atoms with Gasteiger partial charge in [0.1, 0.15) is 0 Å². The lowest BCUT2D eigenvalue weighted by atomic mass is 10.1. The summed E-state index contributed by atoms with van der Waals surface area (Å²) in [5.74, 6) is -0.853. The van der Waals surface area contributed by atoms with Crippen LogP contribution in [0.5, 0.6) is 0 Å². The van der Waals surface area contributed by atoms with Crippen molar-refractivity contribution >= 4 is 11.9 Å². The molecule has 1 aliphatic rings. The average Bonchev–Trinajstić information content (AvgIpc) is 3.35. The van der Waals surface area contributed by atoms with Crippen molar-refractivity contribution in [3.05, 3.63) is 70.8 Å². The van der Waals surface area contributed by atoms with Crippen LogP contribution in [0.4, 0.5) is 0 Å². The molecule has 2 aromatic rings. The second-order valence-corrected chi connectivity index (χ2v) is 5.34. The van der Waals surface area contributed by atoms with Gasteiger partial charge in [0.25, 0.3) is 0 Å². The standard InChI is InChI=1S/C11H14O4.C9H10O3.C2H4O.2CH4/c1-14-11(13)10-4-2-9(3-5-10)8-15-7-6-12;1-12-9(11)8-4-2-7(6-10)3-5-8;1-2-3-1;;/h2-5,12H,6-8H2,1H3;2-5,10H,6H2,1H3;1-2H2;2*1H4/i6D2,7D2;;1D2,2D2;;. The quantitative estimate of drug-likeness (QED) is 0.478. The minimum absolute atomic E-state index is 0. The van der Waals surface area contributed by atoms with E-state index in [1.807, 2.05) is 0 Å². The minimum Gasteiger partial charge on any atom is -0.465 e. The molecule has 1 fully saturated rings. The summed E-state index contributed by atoms with van der Waals surface area (Å²) in [7, 11) is 2.60. The van der Waals surface area contributed by atoms with E-state index in [2.05, 4.69) is 14.2 Å². The Labute approximate surface area is 201 Å². The number of hydrogen-bond donors (Lipinski definition) is 2. The number of epoxide rings is 1. The van der Waals surface area contributed by atoms with Gasteiger partial charge in [0.15, 0.2) is 0 Å². The molecule has 1 aliphatic heterocycles. The number of aliphatic hydroxyl groups is 2. The molecule has 1 saturated heterocycles. The number of hydrogen-bond acceptors (Lipinski definition) is 8. The summed E-state index contributed by atoms with van der Waals surface area (Å²) in [6.45, 7) is -10.2. The Kier molecular flexibility index (Phi) is 11.1. The SMILES string of the molecule is C.C.COC(=O)c1ccc(CO)cc1.[2H]C([2H])(O)C([2H])([2H])OCc1ccc(C(=O)OC)cc1.[2H]C1([2H])OC1([2H])[2H]. The van der Waals surface area contributed by atoms with Crippen LogP contribution in [-0.4, -0.2) is 62.6 Å². The van der Waals surface area contributed by atoms with Crippen LogP contribution in [0.3, 0.4) is 0 Å².